The third kappa shape index (κ3) is 6.72. The highest BCUT2D eigenvalue weighted by Gasteiger charge is 2.38. The van der Waals surface area contributed by atoms with Crippen LogP contribution in [0.3, 0.4) is 0 Å². The van der Waals surface area contributed by atoms with Gasteiger partial charge in [-0.1, -0.05) is 57.2 Å². The molecule has 2 N–H and O–H groups in total. The molecular formula is C32H44N2O4Si. The summed E-state index contributed by atoms with van der Waals surface area (Å²) in [6.07, 6.45) is 8.06. The van der Waals surface area contributed by atoms with Crippen molar-refractivity contribution >= 4 is 31.3 Å². The van der Waals surface area contributed by atoms with E-state index in [1.54, 1.807) is 6.08 Å². The molecule has 7 heteroatoms. The number of esters is 1. The molecule has 0 radical (unpaired) electrons. The average Bonchev–Trinajstić information content (AvgIpc) is 3.52. The van der Waals surface area contributed by atoms with E-state index in [4.69, 9.17) is 9.16 Å². The minimum absolute atomic E-state index is 0.0398. The molecule has 1 aromatic heterocycles. The van der Waals surface area contributed by atoms with Crippen LogP contribution in [-0.4, -0.2) is 62.2 Å². The highest BCUT2D eigenvalue weighted by molar-refractivity contribution is 6.74. The summed E-state index contributed by atoms with van der Waals surface area (Å²) in [7, 11) is -0.510. The molecule has 1 heterocycles. The lowest BCUT2D eigenvalue weighted by Crippen LogP contribution is -2.46. The largest absolute Gasteiger partial charge is 0.466 e. The van der Waals surface area contributed by atoms with E-state index in [1.807, 2.05) is 6.07 Å². The smallest absolute Gasteiger partial charge is 0.330 e. The molecule has 0 saturated heterocycles. The van der Waals surface area contributed by atoms with Crippen LogP contribution in [0.1, 0.15) is 55.5 Å². The van der Waals surface area contributed by atoms with Crippen LogP contribution in [0, 0.1) is 0 Å². The molecule has 1 aliphatic rings. The standard InChI is InChI=1S/C32H44N2O4Si/c1-32(2,3)39(5,6)38-18-17-34(26(22-35)20-25-21-33-29-10-8-7-9-27(25)29)30-15-13-24-19-23(11-14-28(24)30)12-16-31(36)37-4/h7-12,14,16,19,21,26,30,33,35H,13,15,17-18,20,22H2,1-6H3/t26-,30+/m0/s1. The third-order valence-electron chi connectivity index (χ3n) is 8.66. The number of nitrogens with zero attached hydrogens (tertiary/aromatic N) is 1. The summed E-state index contributed by atoms with van der Waals surface area (Å²) in [5, 5.41) is 12.1. The minimum Gasteiger partial charge on any atom is -0.466 e. The van der Waals surface area contributed by atoms with Crippen molar-refractivity contribution in [3.05, 3.63) is 77.0 Å². The van der Waals surface area contributed by atoms with Crippen molar-refractivity contribution in [2.24, 2.45) is 0 Å². The van der Waals surface area contributed by atoms with Gasteiger partial charge in [-0.15, -0.1) is 0 Å². The van der Waals surface area contributed by atoms with Crippen molar-refractivity contribution in [1.29, 1.82) is 0 Å². The van der Waals surface area contributed by atoms with Crippen LogP contribution in [0.4, 0.5) is 0 Å². The van der Waals surface area contributed by atoms with Crippen molar-refractivity contribution in [2.75, 3.05) is 26.9 Å². The topological polar surface area (TPSA) is 74.8 Å². The number of H-pyrrole nitrogens is 1. The van der Waals surface area contributed by atoms with Gasteiger partial charge in [0, 0.05) is 48.4 Å². The number of aromatic amines is 1. The van der Waals surface area contributed by atoms with Gasteiger partial charge in [0.1, 0.15) is 0 Å². The molecule has 2 aromatic carbocycles. The molecular weight excluding hydrogens is 504 g/mol. The summed E-state index contributed by atoms with van der Waals surface area (Å²) in [5.41, 5.74) is 5.93. The Balaban J connectivity index is 1.60. The van der Waals surface area contributed by atoms with E-state index in [2.05, 4.69) is 86.3 Å². The first-order chi connectivity index (χ1) is 18.5. The summed E-state index contributed by atoms with van der Waals surface area (Å²) in [5.74, 6) is -0.357. The molecule has 1 aliphatic carbocycles. The number of hydrogen-bond acceptors (Lipinski definition) is 5. The molecule has 210 valence electrons. The van der Waals surface area contributed by atoms with Crippen molar-refractivity contribution in [1.82, 2.24) is 9.88 Å². The number of hydrogen-bond donors (Lipinski definition) is 2. The normalized spacial score (nSPS) is 16.8. The predicted molar refractivity (Wildman–Crippen MR) is 161 cm³/mol. The van der Waals surface area contributed by atoms with Crippen LogP contribution in [0.25, 0.3) is 17.0 Å². The number of rotatable bonds is 11. The first-order valence-electron chi connectivity index (χ1n) is 14.0. The van der Waals surface area contributed by atoms with Crippen LogP contribution in [0.5, 0.6) is 0 Å². The van der Waals surface area contributed by atoms with Gasteiger partial charge in [0.25, 0.3) is 0 Å². The first kappa shape index (κ1) is 29.3. The van der Waals surface area contributed by atoms with Gasteiger partial charge in [-0.2, -0.15) is 0 Å². The Bertz CT molecular complexity index is 1310. The van der Waals surface area contributed by atoms with Crippen LogP contribution < -0.4 is 0 Å². The second-order valence-corrected chi connectivity index (χ2v) is 16.9. The molecule has 0 fully saturated rings. The molecule has 0 aliphatic heterocycles. The van der Waals surface area contributed by atoms with Crippen LogP contribution in [0.2, 0.25) is 18.1 Å². The highest BCUT2D eigenvalue weighted by atomic mass is 28.4. The Hall–Kier alpha value is -2.71. The Morgan fingerprint density at radius 1 is 1.23 bits per heavy atom. The fourth-order valence-electron chi connectivity index (χ4n) is 5.35. The number of carbonyl (C=O) groups is 1. The van der Waals surface area contributed by atoms with E-state index in [-0.39, 0.29) is 29.7 Å². The minimum atomic E-state index is -1.90. The number of aliphatic hydroxyl groups excluding tert-OH is 1. The summed E-state index contributed by atoms with van der Waals surface area (Å²) < 4.78 is 11.3. The monoisotopic (exact) mass is 548 g/mol. The molecule has 0 saturated carbocycles. The van der Waals surface area contributed by atoms with Gasteiger partial charge < -0.3 is 19.3 Å². The van der Waals surface area contributed by atoms with E-state index in [1.165, 1.54) is 35.3 Å². The average molecular weight is 549 g/mol. The number of para-hydroxylation sites is 1. The van der Waals surface area contributed by atoms with E-state index >= 15 is 0 Å². The second-order valence-electron chi connectivity index (χ2n) is 12.1. The number of ether oxygens (including phenoxy) is 1. The summed E-state index contributed by atoms with van der Waals surface area (Å²) in [4.78, 5) is 17.4. The third-order valence-corrected chi connectivity index (χ3v) is 13.2. The SMILES string of the molecule is COC(=O)C=Cc1ccc2c(c1)CC[C@H]2N(CCO[Si](C)(C)C(C)(C)C)[C@H](CO)Cc1c[nH]c2ccccc12. The Labute approximate surface area is 234 Å². The Kier molecular flexibility index (Phi) is 9.17. The molecule has 0 bridgehead atoms. The highest BCUT2D eigenvalue weighted by Crippen LogP contribution is 2.39. The van der Waals surface area contributed by atoms with Crippen LogP contribution in [-0.2, 0) is 26.8 Å². The quantitative estimate of drug-likeness (QED) is 0.168. The van der Waals surface area contributed by atoms with Gasteiger partial charge in [-0.05, 0) is 71.8 Å². The van der Waals surface area contributed by atoms with Crippen LogP contribution in [0.15, 0.2) is 54.7 Å². The molecule has 4 rings (SSSR count). The molecule has 6 nitrogen and oxygen atoms in total. The lowest BCUT2D eigenvalue weighted by molar-refractivity contribution is -0.134. The first-order valence-corrected chi connectivity index (χ1v) is 16.9. The zero-order valence-electron chi connectivity index (χ0n) is 24.3. The van der Waals surface area contributed by atoms with Crippen molar-refractivity contribution in [2.45, 2.75) is 70.2 Å². The maximum Gasteiger partial charge on any atom is 0.330 e. The lowest BCUT2D eigenvalue weighted by atomic mass is 9.99. The lowest BCUT2D eigenvalue weighted by Gasteiger charge is -2.39. The molecule has 0 spiro atoms. The Morgan fingerprint density at radius 3 is 2.72 bits per heavy atom. The number of fused-ring (bicyclic) bond motifs is 2. The predicted octanol–water partition coefficient (Wildman–Crippen LogP) is 6.27. The van der Waals surface area contributed by atoms with Gasteiger partial charge in [0.15, 0.2) is 8.32 Å². The molecule has 3 aromatic rings. The maximum atomic E-state index is 11.6. The summed E-state index contributed by atoms with van der Waals surface area (Å²) in [6.45, 7) is 12.9. The Morgan fingerprint density at radius 2 is 2.00 bits per heavy atom. The second kappa shape index (κ2) is 12.2. The zero-order valence-corrected chi connectivity index (χ0v) is 25.3. The van der Waals surface area contributed by atoms with Gasteiger partial charge in [-0.3, -0.25) is 4.90 Å². The number of carbonyl (C=O) groups excluding carboxylic acids is 1. The van der Waals surface area contributed by atoms with Crippen molar-refractivity contribution in [3.8, 4) is 0 Å². The summed E-state index contributed by atoms with van der Waals surface area (Å²) >= 11 is 0. The van der Waals surface area contributed by atoms with Gasteiger partial charge >= 0.3 is 5.97 Å². The fourth-order valence-corrected chi connectivity index (χ4v) is 6.39. The molecule has 2 atom stereocenters. The summed E-state index contributed by atoms with van der Waals surface area (Å²) in [6, 6.07) is 14.9. The van der Waals surface area contributed by atoms with E-state index < -0.39 is 8.32 Å². The van der Waals surface area contributed by atoms with Crippen LogP contribution >= 0.6 is 0 Å². The molecule has 0 unspecified atom stereocenters. The maximum absolute atomic E-state index is 11.6. The molecule has 39 heavy (non-hydrogen) atoms. The number of aryl methyl sites for hydroxylation is 1. The zero-order chi connectivity index (χ0) is 28.2. The number of nitrogens with one attached hydrogen (secondary N) is 1. The van der Waals surface area contributed by atoms with Crippen molar-refractivity contribution < 1.29 is 19.1 Å². The number of methoxy groups -OCH3 is 1. The van der Waals surface area contributed by atoms with Gasteiger partial charge in [-0.25, -0.2) is 4.79 Å². The number of aromatic nitrogens is 1. The van der Waals surface area contributed by atoms with Crippen molar-refractivity contribution in [3.63, 3.8) is 0 Å². The van der Waals surface area contributed by atoms with E-state index in [0.717, 1.165) is 36.9 Å². The van der Waals surface area contributed by atoms with E-state index in [0.29, 0.717) is 6.61 Å². The fraction of sp³-hybridized carbons (Fsp3) is 0.469. The number of aliphatic hydroxyl groups is 1. The van der Waals surface area contributed by atoms with E-state index in [9.17, 15) is 9.90 Å². The molecule has 0 amide bonds. The number of benzene rings is 2. The van der Waals surface area contributed by atoms with Gasteiger partial charge in [0.05, 0.1) is 13.7 Å². The van der Waals surface area contributed by atoms with Gasteiger partial charge in [0.2, 0.25) is 0 Å².